The summed E-state index contributed by atoms with van der Waals surface area (Å²) in [5, 5.41) is 5.74. The highest BCUT2D eigenvalue weighted by atomic mass is 19.1. The molecule has 0 aliphatic carbocycles. The summed E-state index contributed by atoms with van der Waals surface area (Å²) in [6.07, 6.45) is -0.848. The molecule has 1 amide bonds. The van der Waals surface area contributed by atoms with Crippen LogP contribution in [0.15, 0.2) is 0 Å². The van der Waals surface area contributed by atoms with Crippen LogP contribution in [0.4, 0.5) is 4.39 Å². The predicted octanol–water partition coefficient (Wildman–Crippen LogP) is 1.64. The Labute approximate surface area is 110 Å². The third-order valence-electron chi connectivity index (χ3n) is 2.68. The summed E-state index contributed by atoms with van der Waals surface area (Å²) in [7, 11) is 0. The first-order valence-electron chi connectivity index (χ1n) is 6.57. The summed E-state index contributed by atoms with van der Waals surface area (Å²) in [5.41, 5.74) is -0.889. The summed E-state index contributed by atoms with van der Waals surface area (Å²) in [6, 6.07) is 0.390. The number of amides is 1. The molecule has 0 bridgehead atoms. The van der Waals surface area contributed by atoms with Gasteiger partial charge < -0.3 is 15.4 Å². The van der Waals surface area contributed by atoms with Crippen molar-refractivity contribution in [3.8, 4) is 0 Å². The van der Waals surface area contributed by atoms with E-state index in [-0.39, 0.29) is 12.5 Å². The summed E-state index contributed by atoms with van der Waals surface area (Å²) < 4.78 is 19.4. The molecule has 0 heterocycles. The van der Waals surface area contributed by atoms with Gasteiger partial charge in [-0.3, -0.25) is 4.79 Å². The summed E-state index contributed by atoms with van der Waals surface area (Å²) in [5.74, 6) is -0.144. The van der Waals surface area contributed by atoms with Crippen molar-refractivity contribution in [3.05, 3.63) is 0 Å². The van der Waals surface area contributed by atoms with Crippen LogP contribution in [0, 0.1) is 0 Å². The van der Waals surface area contributed by atoms with Crippen LogP contribution >= 0.6 is 0 Å². The fourth-order valence-electron chi connectivity index (χ4n) is 1.33. The fraction of sp³-hybridized carbons (Fsp3) is 0.923. The third kappa shape index (κ3) is 7.61. The molecule has 0 fully saturated rings. The van der Waals surface area contributed by atoms with Gasteiger partial charge in [-0.1, -0.05) is 20.8 Å². The Morgan fingerprint density at radius 2 is 2.00 bits per heavy atom. The van der Waals surface area contributed by atoms with E-state index in [1.54, 1.807) is 20.8 Å². The van der Waals surface area contributed by atoms with Crippen molar-refractivity contribution in [3.63, 3.8) is 0 Å². The third-order valence-corrected chi connectivity index (χ3v) is 2.68. The number of nitrogens with one attached hydrogen (secondary N) is 2. The number of rotatable bonds is 9. The molecule has 2 N–H and O–H groups in total. The van der Waals surface area contributed by atoms with Gasteiger partial charge in [-0.25, -0.2) is 4.39 Å². The van der Waals surface area contributed by atoms with Crippen molar-refractivity contribution in [2.45, 2.75) is 58.9 Å². The Kier molecular flexibility index (Phi) is 8.11. The molecule has 0 aliphatic rings. The molecule has 18 heavy (non-hydrogen) atoms. The maximum Gasteiger partial charge on any atom is 0.219 e. The zero-order valence-electron chi connectivity index (χ0n) is 12.2. The van der Waals surface area contributed by atoms with E-state index in [4.69, 9.17) is 4.74 Å². The summed E-state index contributed by atoms with van der Waals surface area (Å²) >= 11 is 0. The number of hydrogen-bond acceptors (Lipinski definition) is 3. The van der Waals surface area contributed by atoms with Crippen molar-refractivity contribution in [2.75, 3.05) is 19.7 Å². The smallest absolute Gasteiger partial charge is 0.219 e. The van der Waals surface area contributed by atoms with Crippen molar-refractivity contribution >= 4 is 5.91 Å². The zero-order chi connectivity index (χ0) is 14.2. The summed E-state index contributed by atoms with van der Waals surface area (Å²) in [4.78, 5) is 11.0. The number of carbonyl (C=O) groups is 1. The SMILES string of the molecule is CCC(=O)NCC(F)C(C)(C)OCCNC(C)C. The van der Waals surface area contributed by atoms with Crippen molar-refractivity contribution in [1.82, 2.24) is 10.6 Å². The van der Waals surface area contributed by atoms with Gasteiger partial charge in [0.15, 0.2) is 0 Å². The Hall–Kier alpha value is -0.680. The van der Waals surface area contributed by atoms with Gasteiger partial charge in [-0.05, 0) is 13.8 Å². The van der Waals surface area contributed by atoms with Crippen LogP contribution in [-0.2, 0) is 9.53 Å². The molecule has 0 aromatic heterocycles. The molecule has 0 aliphatic heterocycles. The Morgan fingerprint density at radius 1 is 1.39 bits per heavy atom. The number of halogens is 1. The van der Waals surface area contributed by atoms with E-state index in [9.17, 15) is 9.18 Å². The second-order valence-corrected chi connectivity index (χ2v) is 5.19. The molecule has 108 valence electrons. The van der Waals surface area contributed by atoms with Crippen molar-refractivity contribution in [2.24, 2.45) is 0 Å². The van der Waals surface area contributed by atoms with Gasteiger partial charge >= 0.3 is 0 Å². The second-order valence-electron chi connectivity index (χ2n) is 5.19. The van der Waals surface area contributed by atoms with Gasteiger partial charge in [0.25, 0.3) is 0 Å². The average Bonchev–Trinajstić information content (AvgIpc) is 2.30. The molecule has 5 heteroatoms. The predicted molar refractivity (Wildman–Crippen MR) is 71.4 cm³/mol. The minimum atomic E-state index is -1.22. The van der Waals surface area contributed by atoms with Gasteiger partial charge in [0, 0.05) is 19.0 Å². The molecular weight excluding hydrogens is 235 g/mol. The Morgan fingerprint density at radius 3 is 2.50 bits per heavy atom. The van der Waals surface area contributed by atoms with E-state index < -0.39 is 11.8 Å². The minimum absolute atomic E-state index is 0.00270. The lowest BCUT2D eigenvalue weighted by Gasteiger charge is -2.29. The standard InChI is InChI=1S/C13H27FN2O2/c1-6-12(17)16-9-11(14)13(4,5)18-8-7-15-10(2)3/h10-11,15H,6-9H2,1-5H3,(H,16,17). The van der Waals surface area contributed by atoms with Crippen LogP contribution in [-0.4, -0.2) is 43.4 Å². The molecule has 4 nitrogen and oxygen atoms in total. The van der Waals surface area contributed by atoms with E-state index in [0.717, 1.165) is 0 Å². The van der Waals surface area contributed by atoms with Crippen LogP contribution < -0.4 is 10.6 Å². The number of alkyl halides is 1. The number of ether oxygens (including phenoxy) is 1. The first-order valence-corrected chi connectivity index (χ1v) is 6.57. The molecule has 0 aromatic carbocycles. The van der Waals surface area contributed by atoms with E-state index >= 15 is 0 Å². The van der Waals surface area contributed by atoms with Crippen LogP contribution in [0.1, 0.15) is 41.0 Å². The average molecular weight is 262 g/mol. The maximum absolute atomic E-state index is 13.9. The van der Waals surface area contributed by atoms with Gasteiger partial charge in [0.1, 0.15) is 6.17 Å². The molecular formula is C13H27FN2O2. The van der Waals surface area contributed by atoms with Crippen LogP contribution in [0.2, 0.25) is 0 Å². The molecule has 0 aromatic rings. The van der Waals surface area contributed by atoms with Crippen LogP contribution in [0.3, 0.4) is 0 Å². The van der Waals surface area contributed by atoms with Gasteiger partial charge in [-0.15, -0.1) is 0 Å². The molecule has 0 saturated carbocycles. The molecule has 0 saturated heterocycles. The maximum atomic E-state index is 13.9. The van der Waals surface area contributed by atoms with Gasteiger partial charge in [0.05, 0.1) is 18.8 Å². The minimum Gasteiger partial charge on any atom is -0.371 e. The van der Waals surface area contributed by atoms with Crippen molar-refractivity contribution in [1.29, 1.82) is 0 Å². The first kappa shape index (κ1) is 17.3. The number of hydrogen-bond donors (Lipinski definition) is 2. The molecule has 0 rings (SSSR count). The normalized spacial score (nSPS) is 13.7. The van der Waals surface area contributed by atoms with E-state index in [2.05, 4.69) is 10.6 Å². The van der Waals surface area contributed by atoms with Crippen LogP contribution in [0.25, 0.3) is 0 Å². The van der Waals surface area contributed by atoms with E-state index in [1.165, 1.54) is 0 Å². The monoisotopic (exact) mass is 262 g/mol. The van der Waals surface area contributed by atoms with E-state index in [0.29, 0.717) is 25.6 Å². The highest BCUT2D eigenvalue weighted by Crippen LogP contribution is 2.17. The molecule has 0 spiro atoms. The fourth-order valence-corrected chi connectivity index (χ4v) is 1.33. The molecule has 0 radical (unpaired) electrons. The topological polar surface area (TPSA) is 50.4 Å². The highest BCUT2D eigenvalue weighted by molar-refractivity contribution is 5.75. The second kappa shape index (κ2) is 8.43. The highest BCUT2D eigenvalue weighted by Gasteiger charge is 2.30. The van der Waals surface area contributed by atoms with Gasteiger partial charge in [-0.2, -0.15) is 0 Å². The molecule has 1 atom stereocenters. The Balaban J connectivity index is 3.91. The van der Waals surface area contributed by atoms with Crippen LogP contribution in [0.5, 0.6) is 0 Å². The first-order chi connectivity index (χ1) is 8.29. The zero-order valence-corrected chi connectivity index (χ0v) is 12.2. The molecule has 1 unspecified atom stereocenters. The lowest BCUT2D eigenvalue weighted by Crippen LogP contribution is -2.45. The van der Waals surface area contributed by atoms with Crippen molar-refractivity contribution < 1.29 is 13.9 Å². The largest absolute Gasteiger partial charge is 0.371 e. The van der Waals surface area contributed by atoms with E-state index in [1.807, 2.05) is 13.8 Å². The van der Waals surface area contributed by atoms with Gasteiger partial charge in [0.2, 0.25) is 5.91 Å². The lowest BCUT2D eigenvalue weighted by molar-refractivity contribution is -0.122. The number of carbonyl (C=O) groups excluding carboxylic acids is 1. The Bertz CT molecular complexity index is 245. The lowest BCUT2D eigenvalue weighted by atomic mass is 10.0. The quantitative estimate of drug-likeness (QED) is 0.621. The summed E-state index contributed by atoms with van der Waals surface area (Å²) in [6.45, 7) is 10.4.